The molecular formula is C19H22S. The van der Waals surface area contributed by atoms with E-state index in [0.29, 0.717) is 5.41 Å². The predicted molar refractivity (Wildman–Crippen MR) is 88.4 cm³/mol. The fraction of sp³-hybridized carbons (Fsp3) is 0.368. The molecule has 2 atom stereocenters. The molecule has 2 aromatic rings. The van der Waals surface area contributed by atoms with Crippen LogP contribution in [0.5, 0.6) is 0 Å². The molecule has 0 aliphatic heterocycles. The van der Waals surface area contributed by atoms with Crippen LogP contribution in [0.25, 0.3) is 0 Å². The highest BCUT2D eigenvalue weighted by Crippen LogP contribution is 2.65. The molecule has 0 heterocycles. The van der Waals surface area contributed by atoms with Crippen LogP contribution in [0.1, 0.15) is 30.9 Å². The number of hydrogen-bond donors (Lipinski definition) is 0. The first-order valence-electron chi connectivity index (χ1n) is 7.33. The van der Waals surface area contributed by atoms with Gasteiger partial charge in [-0.05, 0) is 41.9 Å². The molecule has 0 nitrogen and oxygen atoms in total. The molecule has 1 fully saturated rings. The Kier molecular flexibility index (Phi) is 3.64. The average Bonchev–Trinajstić information content (AvgIpc) is 3.00. The normalized spacial score (nSPS) is 23.6. The molecule has 20 heavy (non-hydrogen) atoms. The monoisotopic (exact) mass is 282 g/mol. The lowest BCUT2D eigenvalue weighted by molar-refractivity contribution is 0.578. The van der Waals surface area contributed by atoms with E-state index in [1.54, 1.807) is 0 Å². The molecule has 1 aliphatic rings. The van der Waals surface area contributed by atoms with E-state index in [1.807, 2.05) is 11.8 Å². The highest BCUT2D eigenvalue weighted by molar-refractivity contribution is 7.99. The smallest absolute Gasteiger partial charge is 0.00722 e. The van der Waals surface area contributed by atoms with E-state index >= 15 is 0 Å². The lowest BCUT2D eigenvalue weighted by Crippen LogP contribution is -1.92. The highest BCUT2D eigenvalue weighted by Gasteiger charge is 2.57. The molecule has 1 unspecified atom stereocenters. The van der Waals surface area contributed by atoms with Crippen molar-refractivity contribution in [3.05, 3.63) is 65.7 Å². The fourth-order valence-corrected chi connectivity index (χ4v) is 4.52. The minimum Gasteiger partial charge on any atom is -0.126 e. The van der Waals surface area contributed by atoms with Crippen molar-refractivity contribution in [2.75, 3.05) is 5.75 Å². The summed E-state index contributed by atoms with van der Waals surface area (Å²) in [5, 5.41) is 0. The zero-order chi connectivity index (χ0) is 14.2. The number of aryl methyl sites for hydroxylation is 1. The first-order valence-corrected chi connectivity index (χ1v) is 8.32. The molecule has 104 valence electrons. The summed E-state index contributed by atoms with van der Waals surface area (Å²) < 4.78 is 0. The second-order valence-electron chi connectivity index (χ2n) is 6.44. The van der Waals surface area contributed by atoms with Gasteiger partial charge in [0.1, 0.15) is 0 Å². The van der Waals surface area contributed by atoms with E-state index in [2.05, 4.69) is 75.4 Å². The minimum atomic E-state index is 0.444. The average molecular weight is 282 g/mol. The summed E-state index contributed by atoms with van der Waals surface area (Å²) in [6.07, 6.45) is 0. The van der Waals surface area contributed by atoms with E-state index < -0.39 is 0 Å². The zero-order valence-corrected chi connectivity index (χ0v) is 13.3. The van der Waals surface area contributed by atoms with Gasteiger partial charge in [-0.2, -0.15) is 0 Å². The third-order valence-corrected chi connectivity index (χ3v) is 5.79. The lowest BCUT2D eigenvalue weighted by atomic mass is 10.0. The maximum atomic E-state index is 2.41. The first-order chi connectivity index (χ1) is 9.59. The quantitative estimate of drug-likeness (QED) is 0.665. The number of benzene rings is 2. The van der Waals surface area contributed by atoms with Crippen molar-refractivity contribution in [3.8, 4) is 0 Å². The molecule has 0 spiro atoms. The minimum absolute atomic E-state index is 0.444. The molecule has 1 heteroatoms. The van der Waals surface area contributed by atoms with Gasteiger partial charge in [0.05, 0.1) is 0 Å². The first kappa shape index (κ1) is 13.8. The Hall–Kier alpha value is -1.21. The maximum Gasteiger partial charge on any atom is 0.00722 e. The Bertz CT molecular complexity index is 568. The maximum absolute atomic E-state index is 2.41. The molecular weight excluding hydrogens is 260 g/mol. The molecule has 2 aromatic carbocycles. The summed E-state index contributed by atoms with van der Waals surface area (Å²) in [6.45, 7) is 6.96. The summed E-state index contributed by atoms with van der Waals surface area (Å²) in [4.78, 5) is 1.39. The van der Waals surface area contributed by atoms with Gasteiger partial charge in [-0.3, -0.25) is 0 Å². The van der Waals surface area contributed by atoms with Crippen molar-refractivity contribution in [1.82, 2.24) is 0 Å². The van der Waals surface area contributed by atoms with Gasteiger partial charge in [0, 0.05) is 10.6 Å². The van der Waals surface area contributed by atoms with E-state index in [4.69, 9.17) is 0 Å². The molecule has 0 saturated heterocycles. The molecule has 0 N–H and O–H groups in total. The van der Waals surface area contributed by atoms with E-state index in [1.165, 1.54) is 21.8 Å². The summed E-state index contributed by atoms with van der Waals surface area (Å²) in [7, 11) is 0. The van der Waals surface area contributed by atoms with Crippen LogP contribution in [0.3, 0.4) is 0 Å². The SMILES string of the molecule is Cc1ccc(SC[C@@H]2C(c3ccccc3)C2(C)C)cc1. The standard InChI is InChI=1S/C19H22S/c1-14-9-11-16(12-10-14)20-13-17-18(19(17,2)3)15-7-5-4-6-8-15/h4-12,17-18H,13H2,1-3H3/t17-,18?/m1/s1. The van der Waals surface area contributed by atoms with Crippen LogP contribution in [0.2, 0.25) is 0 Å². The summed E-state index contributed by atoms with van der Waals surface area (Å²) in [5.74, 6) is 2.73. The van der Waals surface area contributed by atoms with Gasteiger partial charge in [0.15, 0.2) is 0 Å². The highest BCUT2D eigenvalue weighted by atomic mass is 32.2. The van der Waals surface area contributed by atoms with Crippen LogP contribution in [0.4, 0.5) is 0 Å². The van der Waals surface area contributed by atoms with Crippen molar-refractivity contribution < 1.29 is 0 Å². The van der Waals surface area contributed by atoms with E-state index in [0.717, 1.165) is 11.8 Å². The summed E-state index contributed by atoms with van der Waals surface area (Å²) in [5.41, 5.74) is 3.29. The van der Waals surface area contributed by atoms with Gasteiger partial charge in [-0.1, -0.05) is 61.9 Å². The molecule has 1 saturated carbocycles. The van der Waals surface area contributed by atoms with Gasteiger partial charge in [0.2, 0.25) is 0 Å². The third kappa shape index (κ3) is 2.64. The Morgan fingerprint density at radius 1 is 0.950 bits per heavy atom. The van der Waals surface area contributed by atoms with Gasteiger partial charge in [0.25, 0.3) is 0 Å². The van der Waals surface area contributed by atoms with Crippen molar-refractivity contribution in [2.24, 2.45) is 11.3 Å². The van der Waals surface area contributed by atoms with Crippen molar-refractivity contribution >= 4 is 11.8 Å². The predicted octanol–water partition coefficient (Wildman–Crippen LogP) is 5.53. The second-order valence-corrected chi connectivity index (χ2v) is 7.53. The number of hydrogen-bond acceptors (Lipinski definition) is 1. The Morgan fingerprint density at radius 3 is 2.25 bits per heavy atom. The Balaban J connectivity index is 1.65. The molecule has 0 amide bonds. The van der Waals surface area contributed by atoms with Gasteiger partial charge in [-0.15, -0.1) is 11.8 Å². The molecule has 0 bridgehead atoms. The largest absolute Gasteiger partial charge is 0.126 e. The summed E-state index contributed by atoms with van der Waals surface area (Å²) >= 11 is 2.00. The Morgan fingerprint density at radius 2 is 1.60 bits per heavy atom. The van der Waals surface area contributed by atoms with Crippen molar-refractivity contribution in [1.29, 1.82) is 0 Å². The van der Waals surface area contributed by atoms with Crippen LogP contribution in [0, 0.1) is 18.3 Å². The van der Waals surface area contributed by atoms with Crippen LogP contribution >= 0.6 is 11.8 Å². The van der Waals surface area contributed by atoms with Crippen LogP contribution < -0.4 is 0 Å². The second kappa shape index (κ2) is 5.29. The van der Waals surface area contributed by atoms with E-state index in [9.17, 15) is 0 Å². The summed E-state index contributed by atoms with van der Waals surface area (Å²) in [6, 6.07) is 19.9. The fourth-order valence-electron chi connectivity index (χ4n) is 3.20. The van der Waals surface area contributed by atoms with Crippen LogP contribution in [-0.4, -0.2) is 5.75 Å². The molecule has 0 radical (unpaired) electrons. The molecule has 0 aromatic heterocycles. The third-order valence-electron chi connectivity index (χ3n) is 4.66. The Labute approximate surface area is 126 Å². The van der Waals surface area contributed by atoms with Gasteiger partial charge < -0.3 is 0 Å². The van der Waals surface area contributed by atoms with E-state index in [-0.39, 0.29) is 0 Å². The lowest BCUT2D eigenvalue weighted by Gasteiger charge is -2.03. The molecule has 1 aliphatic carbocycles. The van der Waals surface area contributed by atoms with Crippen LogP contribution in [0.15, 0.2) is 59.5 Å². The number of rotatable bonds is 4. The van der Waals surface area contributed by atoms with Crippen molar-refractivity contribution in [2.45, 2.75) is 31.6 Å². The zero-order valence-electron chi connectivity index (χ0n) is 12.5. The molecule has 3 rings (SSSR count). The van der Waals surface area contributed by atoms with Crippen LogP contribution in [-0.2, 0) is 0 Å². The van der Waals surface area contributed by atoms with Gasteiger partial charge >= 0.3 is 0 Å². The van der Waals surface area contributed by atoms with Gasteiger partial charge in [-0.25, -0.2) is 0 Å². The number of thioether (sulfide) groups is 1. The topological polar surface area (TPSA) is 0 Å². The van der Waals surface area contributed by atoms with Crippen molar-refractivity contribution in [3.63, 3.8) is 0 Å².